The summed E-state index contributed by atoms with van der Waals surface area (Å²) in [4.78, 5) is 15.4. The van der Waals surface area contributed by atoms with Crippen LogP contribution in [0.5, 0.6) is 11.5 Å². The van der Waals surface area contributed by atoms with Gasteiger partial charge >= 0.3 is 5.97 Å². The summed E-state index contributed by atoms with van der Waals surface area (Å²) < 4.78 is 18.2. The van der Waals surface area contributed by atoms with E-state index in [-0.39, 0.29) is 6.04 Å². The zero-order valence-corrected chi connectivity index (χ0v) is 17.3. The number of hydrogen-bond acceptors (Lipinski definition) is 5. The minimum Gasteiger partial charge on any atom is -0.495 e. The Labute approximate surface area is 174 Å². The molecule has 7 nitrogen and oxygen atoms in total. The van der Waals surface area contributed by atoms with E-state index in [1.165, 1.54) is 12.5 Å². The van der Waals surface area contributed by atoms with Crippen molar-refractivity contribution >= 4 is 27.8 Å². The quantitative estimate of drug-likeness (QED) is 0.458. The summed E-state index contributed by atoms with van der Waals surface area (Å²) in [5.74, 6) is 0.877. The first kappa shape index (κ1) is 19.8. The molecule has 0 fully saturated rings. The van der Waals surface area contributed by atoms with Crippen molar-refractivity contribution in [3.63, 3.8) is 0 Å². The van der Waals surface area contributed by atoms with E-state index < -0.39 is 5.97 Å². The van der Waals surface area contributed by atoms with Crippen LogP contribution in [0.1, 0.15) is 16.1 Å². The lowest BCUT2D eigenvalue weighted by Gasteiger charge is -2.15. The Kier molecular flexibility index (Phi) is 5.37. The molecule has 3 N–H and O–H groups in total. The molecule has 30 heavy (non-hydrogen) atoms. The molecule has 4 aromatic rings. The van der Waals surface area contributed by atoms with Gasteiger partial charge in [-0.15, -0.1) is 0 Å². The van der Waals surface area contributed by atoms with Crippen molar-refractivity contribution < 1.29 is 19.0 Å². The number of nitrogens with two attached hydrogens (primary N) is 1. The van der Waals surface area contributed by atoms with Crippen molar-refractivity contribution in [1.29, 1.82) is 0 Å². The van der Waals surface area contributed by atoms with Crippen molar-refractivity contribution in [2.75, 3.05) is 20.8 Å². The Morgan fingerprint density at radius 1 is 1.13 bits per heavy atom. The molecular weight excluding hydrogens is 382 g/mol. The highest BCUT2D eigenvalue weighted by Crippen LogP contribution is 2.35. The van der Waals surface area contributed by atoms with E-state index in [2.05, 4.69) is 11.1 Å². The monoisotopic (exact) mass is 407 g/mol. The highest BCUT2D eigenvalue weighted by atomic mass is 16.5. The molecule has 7 heteroatoms. The standard InChI is InChI=1S/C23H25N3O4/c1-26-19(23(27)29-3)11-17-20(8-9-21(28-2)22(17)26)30-13-15(24)10-14-12-25-18-7-5-4-6-16(14)18/h4-9,11-12,15,25H,10,13,24H2,1-3H3/t15-/m1/s1. The second-order valence-corrected chi connectivity index (χ2v) is 7.24. The third-order valence-corrected chi connectivity index (χ3v) is 5.34. The van der Waals surface area contributed by atoms with Gasteiger partial charge in [-0.2, -0.15) is 0 Å². The van der Waals surface area contributed by atoms with Gasteiger partial charge in [0.1, 0.15) is 23.8 Å². The Hall–Kier alpha value is -3.45. The lowest BCUT2D eigenvalue weighted by Crippen LogP contribution is -2.30. The summed E-state index contributed by atoms with van der Waals surface area (Å²) in [6.45, 7) is 0.337. The number of aromatic amines is 1. The molecule has 0 saturated carbocycles. The topological polar surface area (TPSA) is 91.5 Å². The molecule has 1 atom stereocenters. The van der Waals surface area contributed by atoms with Crippen LogP contribution in [0.25, 0.3) is 21.8 Å². The van der Waals surface area contributed by atoms with Crippen LogP contribution in [0.3, 0.4) is 0 Å². The zero-order chi connectivity index (χ0) is 21.3. The van der Waals surface area contributed by atoms with Gasteiger partial charge in [-0.25, -0.2) is 4.79 Å². The van der Waals surface area contributed by atoms with Crippen molar-refractivity contribution in [2.45, 2.75) is 12.5 Å². The average Bonchev–Trinajstić information content (AvgIpc) is 3.33. The first-order valence-electron chi connectivity index (χ1n) is 9.71. The molecule has 0 spiro atoms. The number of nitrogens with one attached hydrogen (secondary N) is 1. The minimum atomic E-state index is -0.419. The maximum Gasteiger partial charge on any atom is 0.354 e. The largest absolute Gasteiger partial charge is 0.495 e. The van der Waals surface area contributed by atoms with Crippen molar-refractivity contribution in [3.8, 4) is 11.5 Å². The van der Waals surface area contributed by atoms with Crippen molar-refractivity contribution in [2.24, 2.45) is 12.8 Å². The fraction of sp³-hybridized carbons (Fsp3) is 0.261. The molecule has 0 aliphatic carbocycles. The van der Waals surface area contributed by atoms with Gasteiger partial charge < -0.3 is 29.5 Å². The maximum absolute atomic E-state index is 12.1. The van der Waals surface area contributed by atoms with Gasteiger partial charge in [0.25, 0.3) is 0 Å². The van der Waals surface area contributed by atoms with Gasteiger partial charge in [-0.05, 0) is 36.2 Å². The number of esters is 1. The first-order chi connectivity index (χ1) is 14.5. The number of methoxy groups -OCH3 is 2. The lowest BCUT2D eigenvalue weighted by molar-refractivity contribution is 0.0590. The lowest BCUT2D eigenvalue weighted by atomic mass is 10.1. The number of para-hydroxylation sites is 1. The first-order valence-corrected chi connectivity index (χ1v) is 9.71. The van der Waals surface area contributed by atoms with E-state index in [1.54, 1.807) is 24.8 Å². The predicted molar refractivity (Wildman–Crippen MR) is 116 cm³/mol. The molecule has 0 saturated heterocycles. The molecule has 0 radical (unpaired) electrons. The van der Waals surface area contributed by atoms with E-state index in [9.17, 15) is 4.79 Å². The van der Waals surface area contributed by atoms with Crippen LogP contribution < -0.4 is 15.2 Å². The molecule has 2 aromatic heterocycles. The number of carbonyl (C=O) groups is 1. The van der Waals surface area contributed by atoms with Crippen LogP contribution >= 0.6 is 0 Å². The Morgan fingerprint density at radius 3 is 2.67 bits per heavy atom. The summed E-state index contributed by atoms with van der Waals surface area (Å²) in [6.07, 6.45) is 2.68. The predicted octanol–water partition coefficient (Wildman–Crippen LogP) is 3.40. The molecule has 4 rings (SSSR count). The SMILES string of the molecule is COC(=O)c1cc2c(OC[C@H](N)Cc3c[nH]c4ccccc34)ccc(OC)c2n1C. The number of fused-ring (bicyclic) bond motifs is 2. The molecule has 0 amide bonds. The van der Waals surface area contributed by atoms with E-state index in [0.717, 1.165) is 22.0 Å². The second-order valence-electron chi connectivity index (χ2n) is 7.24. The molecule has 0 aliphatic rings. The second kappa shape index (κ2) is 8.12. The summed E-state index contributed by atoms with van der Waals surface area (Å²) in [6, 6.07) is 13.4. The molecule has 2 heterocycles. The van der Waals surface area contributed by atoms with Crippen molar-refractivity contribution in [3.05, 3.63) is 59.9 Å². The van der Waals surface area contributed by atoms with Crippen molar-refractivity contribution in [1.82, 2.24) is 9.55 Å². The third kappa shape index (κ3) is 3.48. The van der Waals surface area contributed by atoms with Crippen LogP contribution in [0.2, 0.25) is 0 Å². The fourth-order valence-corrected chi connectivity index (χ4v) is 3.84. The highest BCUT2D eigenvalue weighted by Gasteiger charge is 2.20. The van der Waals surface area contributed by atoms with Gasteiger partial charge in [-0.1, -0.05) is 18.2 Å². The molecular formula is C23H25N3O4. The highest BCUT2D eigenvalue weighted by molar-refractivity contribution is 6.00. The van der Waals surface area contributed by atoms with Gasteiger partial charge in [0.05, 0.1) is 19.7 Å². The van der Waals surface area contributed by atoms with Crippen LogP contribution in [0, 0.1) is 0 Å². The summed E-state index contributed by atoms with van der Waals surface area (Å²) in [5.41, 5.74) is 9.81. The summed E-state index contributed by atoms with van der Waals surface area (Å²) in [7, 11) is 4.75. The van der Waals surface area contributed by atoms with Crippen LogP contribution in [-0.4, -0.2) is 42.4 Å². The van der Waals surface area contributed by atoms with E-state index in [0.29, 0.717) is 30.2 Å². The van der Waals surface area contributed by atoms with Crippen LogP contribution in [0.15, 0.2) is 48.7 Å². The number of rotatable bonds is 7. The summed E-state index contributed by atoms with van der Waals surface area (Å²) >= 11 is 0. The summed E-state index contributed by atoms with van der Waals surface area (Å²) in [5, 5.41) is 1.95. The molecule has 0 unspecified atom stereocenters. The Morgan fingerprint density at radius 2 is 1.90 bits per heavy atom. The number of nitrogens with zero attached hydrogens (tertiary/aromatic N) is 1. The van der Waals surface area contributed by atoms with Gasteiger partial charge in [0.15, 0.2) is 0 Å². The number of H-pyrrole nitrogens is 1. The Balaban J connectivity index is 1.57. The molecule has 2 aromatic carbocycles. The number of benzene rings is 2. The number of carbonyl (C=O) groups excluding carboxylic acids is 1. The molecule has 156 valence electrons. The van der Waals surface area contributed by atoms with Gasteiger partial charge in [0.2, 0.25) is 0 Å². The average molecular weight is 407 g/mol. The van der Waals surface area contributed by atoms with Gasteiger partial charge in [-0.3, -0.25) is 0 Å². The van der Waals surface area contributed by atoms with Gasteiger partial charge in [0, 0.05) is 35.6 Å². The number of ether oxygens (including phenoxy) is 3. The molecule has 0 bridgehead atoms. The smallest absolute Gasteiger partial charge is 0.354 e. The fourth-order valence-electron chi connectivity index (χ4n) is 3.84. The van der Waals surface area contributed by atoms with E-state index >= 15 is 0 Å². The molecule has 0 aliphatic heterocycles. The normalized spacial score (nSPS) is 12.3. The van der Waals surface area contributed by atoms with Crippen LogP contribution in [0.4, 0.5) is 0 Å². The third-order valence-electron chi connectivity index (χ3n) is 5.34. The number of aryl methyl sites for hydroxylation is 1. The Bertz CT molecular complexity index is 1210. The minimum absolute atomic E-state index is 0.190. The van der Waals surface area contributed by atoms with E-state index in [4.69, 9.17) is 19.9 Å². The number of hydrogen-bond donors (Lipinski definition) is 2. The van der Waals surface area contributed by atoms with E-state index in [1.807, 2.05) is 36.5 Å². The van der Waals surface area contributed by atoms with Crippen LogP contribution in [-0.2, 0) is 18.2 Å². The number of aromatic nitrogens is 2. The zero-order valence-electron chi connectivity index (χ0n) is 17.3. The maximum atomic E-state index is 12.1.